The molecule has 1 aromatic carbocycles. The Labute approximate surface area is 211 Å². The van der Waals surface area contributed by atoms with Crippen LogP contribution in [0.3, 0.4) is 0 Å². The van der Waals surface area contributed by atoms with Crippen LogP contribution in [0, 0.1) is 12.3 Å². The third-order valence-electron chi connectivity index (χ3n) is 4.46. The second-order valence-corrected chi connectivity index (χ2v) is 7.14. The minimum Gasteiger partial charge on any atom is -0.507 e. The highest BCUT2D eigenvalue weighted by molar-refractivity contribution is 5.97. The highest BCUT2D eigenvalue weighted by Crippen LogP contribution is 2.23. The minimum absolute atomic E-state index is 0.122. The molecule has 14 heteroatoms. The Bertz CT molecular complexity index is 1120. The summed E-state index contributed by atoms with van der Waals surface area (Å²) in [6, 6.07) is 5.53. The molecule has 14 nitrogen and oxygen atoms in total. The number of carbonyl (C=O) groups excluding carboxylic acids is 3. The number of hydrazine groups is 1. The van der Waals surface area contributed by atoms with Crippen molar-refractivity contribution in [1.29, 1.82) is 0 Å². The quantitative estimate of drug-likeness (QED) is 0.106. The van der Waals surface area contributed by atoms with Gasteiger partial charge in [-0.2, -0.15) is 0 Å². The van der Waals surface area contributed by atoms with Gasteiger partial charge in [0.1, 0.15) is 24.1 Å². The van der Waals surface area contributed by atoms with Crippen LogP contribution in [0.2, 0.25) is 0 Å². The molecule has 196 valence electrons. The molecule has 1 atom stereocenters. The van der Waals surface area contributed by atoms with Gasteiger partial charge in [-0.3, -0.25) is 15.2 Å². The Hall–Kier alpha value is -5.03. The lowest BCUT2D eigenvalue weighted by Crippen LogP contribution is -2.48. The number of benzene rings is 1. The van der Waals surface area contributed by atoms with Crippen LogP contribution in [-0.4, -0.2) is 71.5 Å². The van der Waals surface area contributed by atoms with E-state index in [1.54, 1.807) is 24.5 Å². The first-order valence-corrected chi connectivity index (χ1v) is 10.8. The first kappa shape index (κ1) is 28.2. The molecule has 0 radical (unpaired) electrons. The molecule has 0 aliphatic rings. The van der Waals surface area contributed by atoms with Crippen LogP contribution in [0.1, 0.15) is 15.9 Å². The molecule has 4 amide bonds. The van der Waals surface area contributed by atoms with Crippen LogP contribution in [-0.2, 0) is 16.1 Å². The van der Waals surface area contributed by atoms with Crippen molar-refractivity contribution in [1.82, 2.24) is 31.8 Å². The van der Waals surface area contributed by atoms with Crippen LogP contribution >= 0.6 is 0 Å². The predicted molar refractivity (Wildman–Crippen MR) is 128 cm³/mol. The van der Waals surface area contributed by atoms with Crippen LogP contribution in [0.4, 0.5) is 9.59 Å². The highest BCUT2D eigenvalue weighted by Gasteiger charge is 2.22. The first-order chi connectivity index (χ1) is 17.8. The number of nitrogens with one attached hydrogen (secondary N) is 5. The number of aromatic nitrogens is 1. The van der Waals surface area contributed by atoms with Crippen LogP contribution < -0.4 is 31.5 Å². The van der Waals surface area contributed by atoms with Gasteiger partial charge in [0, 0.05) is 38.1 Å². The maximum absolute atomic E-state index is 12.3. The molecule has 0 bridgehead atoms. The van der Waals surface area contributed by atoms with E-state index >= 15 is 0 Å². The smallest absolute Gasteiger partial charge is 0.408 e. The third kappa shape index (κ3) is 10.4. The fourth-order valence-electron chi connectivity index (χ4n) is 2.66. The average molecular weight is 514 g/mol. The molecular formula is C23H26N6O8. The molecule has 37 heavy (non-hydrogen) atoms. The molecular weight excluding hydrogens is 488 g/mol. The number of carbonyl (C=O) groups is 4. The van der Waals surface area contributed by atoms with Crippen molar-refractivity contribution in [2.75, 3.05) is 26.3 Å². The van der Waals surface area contributed by atoms with Gasteiger partial charge >= 0.3 is 18.1 Å². The number of terminal acetylenes is 1. The van der Waals surface area contributed by atoms with E-state index < -0.39 is 42.3 Å². The fraction of sp³-hybridized carbons (Fsp3) is 0.261. The zero-order valence-corrected chi connectivity index (χ0v) is 19.5. The number of carboxylic acids is 1. The summed E-state index contributed by atoms with van der Waals surface area (Å²) in [6.45, 7) is -0.137. The third-order valence-corrected chi connectivity index (χ3v) is 4.46. The number of pyridine rings is 1. The number of hydrogen-bond donors (Lipinski definition) is 7. The number of alkyl carbamates (subject to hydrolysis) is 1. The summed E-state index contributed by atoms with van der Waals surface area (Å²) in [7, 11) is 0. The number of aromatic hydroxyl groups is 1. The number of ether oxygens (including phenoxy) is 2. The van der Waals surface area contributed by atoms with Gasteiger partial charge in [0.25, 0.3) is 5.91 Å². The number of rotatable bonds is 13. The topological polar surface area (TPSA) is 200 Å². The van der Waals surface area contributed by atoms with Crippen molar-refractivity contribution in [3.63, 3.8) is 0 Å². The molecule has 2 rings (SSSR count). The Morgan fingerprint density at radius 1 is 1.11 bits per heavy atom. The van der Waals surface area contributed by atoms with Crippen molar-refractivity contribution in [2.45, 2.75) is 12.6 Å². The lowest BCUT2D eigenvalue weighted by atomic mass is 10.1. The zero-order chi connectivity index (χ0) is 27.0. The molecule has 1 heterocycles. The van der Waals surface area contributed by atoms with Crippen LogP contribution in [0.15, 0.2) is 42.7 Å². The van der Waals surface area contributed by atoms with Gasteiger partial charge in [-0.25, -0.2) is 19.8 Å². The highest BCUT2D eigenvalue weighted by atomic mass is 16.5. The number of amides is 4. The van der Waals surface area contributed by atoms with Gasteiger partial charge < -0.3 is 35.6 Å². The zero-order valence-electron chi connectivity index (χ0n) is 19.5. The largest absolute Gasteiger partial charge is 0.507 e. The molecule has 0 spiro atoms. The van der Waals surface area contributed by atoms with Gasteiger partial charge in [0.15, 0.2) is 6.61 Å². The van der Waals surface area contributed by atoms with Gasteiger partial charge in [-0.05, 0) is 29.8 Å². The van der Waals surface area contributed by atoms with Crippen molar-refractivity contribution >= 4 is 24.0 Å². The van der Waals surface area contributed by atoms with Gasteiger partial charge in [0.05, 0.1) is 5.56 Å². The van der Waals surface area contributed by atoms with Crippen molar-refractivity contribution < 1.29 is 38.9 Å². The summed E-state index contributed by atoms with van der Waals surface area (Å²) >= 11 is 0. The Balaban J connectivity index is 1.72. The van der Waals surface area contributed by atoms with Crippen LogP contribution in [0.25, 0.3) is 0 Å². The summed E-state index contributed by atoms with van der Waals surface area (Å²) in [6.07, 6.45) is 7.14. The second kappa shape index (κ2) is 15.1. The number of nitrogens with zero attached hydrogens (tertiary/aromatic N) is 1. The van der Waals surface area contributed by atoms with Gasteiger partial charge in [-0.1, -0.05) is 5.92 Å². The van der Waals surface area contributed by atoms with E-state index in [9.17, 15) is 29.4 Å². The first-order valence-electron chi connectivity index (χ1n) is 10.8. The number of urea groups is 1. The monoisotopic (exact) mass is 514 g/mol. The molecule has 0 fully saturated rings. The maximum atomic E-state index is 12.3. The summed E-state index contributed by atoms with van der Waals surface area (Å²) < 4.78 is 9.99. The Kier molecular flexibility index (Phi) is 11.5. The SMILES string of the molecule is C#CCOC(=O)N[C@@H](CNC(=O)c1ccc(OCCNNC(=O)NCc2ccncc2)cc1O)C(=O)O. The van der Waals surface area contributed by atoms with E-state index in [-0.39, 0.29) is 31.1 Å². The lowest BCUT2D eigenvalue weighted by molar-refractivity contribution is -0.139. The lowest BCUT2D eigenvalue weighted by Gasteiger charge is -2.15. The number of phenols is 1. The van der Waals surface area contributed by atoms with E-state index in [1.165, 1.54) is 18.2 Å². The minimum atomic E-state index is -1.49. The molecule has 0 aliphatic heterocycles. The molecule has 0 saturated heterocycles. The van der Waals surface area contributed by atoms with E-state index in [1.807, 2.05) is 5.32 Å². The van der Waals surface area contributed by atoms with E-state index in [0.717, 1.165) is 5.56 Å². The molecule has 1 aromatic heterocycles. The van der Waals surface area contributed by atoms with E-state index in [4.69, 9.17) is 11.2 Å². The second-order valence-electron chi connectivity index (χ2n) is 7.14. The van der Waals surface area contributed by atoms with E-state index in [2.05, 4.69) is 37.1 Å². The standard InChI is InChI=1S/C23H26N6O8/c1-2-10-37-23(35)28-18(21(32)33)14-25-20(31)17-4-3-16(12-19(17)30)36-11-9-27-29-22(34)26-13-15-5-7-24-8-6-15/h1,3-8,12,18,27,30H,9-11,13-14H2,(H,25,31)(H,28,35)(H,32,33)(H2,26,29,34)/t18-/m0/s1. The summed E-state index contributed by atoms with van der Waals surface area (Å²) in [4.78, 5) is 50.7. The Morgan fingerprint density at radius 2 is 1.86 bits per heavy atom. The predicted octanol–water partition coefficient (Wildman–Crippen LogP) is -0.288. The van der Waals surface area contributed by atoms with Crippen molar-refractivity contribution in [3.05, 3.63) is 53.9 Å². The normalized spacial score (nSPS) is 10.8. The van der Waals surface area contributed by atoms with Gasteiger partial charge in [0.2, 0.25) is 0 Å². The summed E-state index contributed by atoms with van der Waals surface area (Å²) in [5.74, 6) is -0.305. The number of carboxylic acid groups (broad SMARTS) is 1. The van der Waals surface area contributed by atoms with Gasteiger partial charge in [-0.15, -0.1) is 6.42 Å². The molecule has 7 N–H and O–H groups in total. The molecule has 0 unspecified atom stereocenters. The summed E-state index contributed by atoms with van der Waals surface area (Å²) in [5.41, 5.74) is 5.87. The number of aliphatic carboxylic acids is 1. The number of hydrogen-bond acceptors (Lipinski definition) is 9. The maximum Gasteiger partial charge on any atom is 0.408 e. The number of phenolic OH excluding ortho intramolecular Hbond substituents is 1. The van der Waals surface area contributed by atoms with Crippen LogP contribution in [0.5, 0.6) is 11.5 Å². The Morgan fingerprint density at radius 3 is 2.54 bits per heavy atom. The average Bonchev–Trinajstić information content (AvgIpc) is 2.88. The summed E-state index contributed by atoms with van der Waals surface area (Å²) in [5, 5.41) is 26.3. The fourth-order valence-corrected chi connectivity index (χ4v) is 2.66. The molecule has 2 aromatic rings. The van der Waals surface area contributed by atoms with Crippen molar-refractivity contribution in [2.24, 2.45) is 0 Å². The van der Waals surface area contributed by atoms with Crippen molar-refractivity contribution in [3.8, 4) is 23.8 Å². The molecule has 0 saturated carbocycles. The van der Waals surface area contributed by atoms with E-state index in [0.29, 0.717) is 6.54 Å². The molecule has 0 aliphatic carbocycles.